The Balaban J connectivity index is 1.74. The lowest BCUT2D eigenvalue weighted by Gasteiger charge is -2.60. The highest BCUT2D eigenvalue weighted by Gasteiger charge is 2.53. The molecule has 3 fully saturated rings. The number of aliphatic carboxylic acids is 1. The van der Waals surface area contributed by atoms with E-state index in [1.54, 1.807) is 0 Å². The van der Waals surface area contributed by atoms with E-state index in [9.17, 15) is 9.59 Å². The van der Waals surface area contributed by atoms with E-state index >= 15 is 0 Å². The van der Waals surface area contributed by atoms with Gasteiger partial charge >= 0.3 is 5.97 Å². The Morgan fingerprint density at radius 2 is 2.00 bits per heavy atom. The second-order valence-corrected chi connectivity index (χ2v) is 6.40. The molecule has 1 amide bonds. The molecule has 0 aromatic heterocycles. The van der Waals surface area contributed by atoms with Crippen molar-refractivity contribution in [3.8, 4) is 0 Å². The third kappa shape index (κ3) is 2.52. The van der Waals surface area contributed by atoms with Crippen molar-refractivity contribution in [2.45, 2.75) is 46.0 Å². The van der Waals surface area contributed by atoms with E-state index in [4.69, 9.17) is 5.11 Å². The number of hydrogen-bond acceptors (Lipinski definition) is 2. The Labute approximate surface area is 108 Å². The minimum absolute atomic E-state index is 0.0759. The van der Waals surface area contributed by atoms with E-state index < -0.39 is 5.97 Å². The Morgan fingerprint density at radius 3 is 2.56 bits per heavy atom. The molecule has 4 heteroatoms. The van der Waals surface area contributed by atoms with Crippen molar-refractivity contribution in [1.82, 2.24) is 5.32 Å². The fraction of sp³-hybridized carbons (Fsp3) is 0.857. The van der Waals surface area contributed by atoms with Gasteiger partial charge in [0.1, 0.15) is 0 Å². The maximum atomic E-state index is 11.5. The summed E-state index contributed by atoms with van der Waals surface area (Å²) in [7, 11) is 0. The highest BCUT2D eigenvalue weighted by atomic mass is 16.4. The molecule has 3 aliphatic carbocycles. The van der Waals surface area contributed by atoms with Gasteiger partial charge in [-0.3, -0.25) is 9.59 Å². The summed E-state index contributed by atoms with van der Waals surface area (Å²) in [6, 6.07) is 0. The molecule has 0 spiro atoms. The van der Waals surface area contributed by atoms with E-state index in [1.807, 2.05) is 0 Å². The maximum Gasteiger partial charge on any atom is 0.303 e. The summed E-state index contributed by atoms with van der Waals surface area (Å²) in [6.07, 6.45) is 3.81. The van der Waals surface area contributed by atoms with Gasteiger partial charge in [0.25, 0.3) is 0 Å². The largest absolute Gasteiger partial charge is 0.481 e. The number of carbonyl (C=O) groups is 2. The minimum Gasteiger partial charge on any atom is -0.481 e. The Bertz CT molecular complexity index is 349. The SMILES string of the molecule is CC1(C)C2CCC(CNC(=O)CCC(=O)O)C1C2. The first kappa shape index (κ1) is 13.4. The van der Waals surface area contributed by atoms with Crippen LogP contribution in [0.2, 0.25) is 0 Å². The van der Waals surface area contributed by atoms with Crippen molar-refractivity contribution >= 4 is 11.9 Å². The lowest BCUT2D eigenvalue weighted by Crippen LogP contribution is -2.54. The van der Waals surface area contributed by atoms with Crippen LogP contribution in [0, 0.1) is 23.2 Å². The van der Waals surface area contributed by atoms with Crippen LogP contribution in [-0.2, 0) is 9.59 Å². The molecule has 3 unspecified atom stereocenters. The molecule has 4 nitrogen and oxygen atoms in total. The molecular weight excluding hydrogens is 230 g/mol. The molecule has 18 heavy (non-hydrogen) atoms. The lowest BCUT2D eigenvalue weighted by molar-refractivity contribution is -0.139. The molecule has 3 aliphatic rings. The zero-order valence-corrected chi connectivity index (χ0v) is 11.2. The number of carbonyl (C=O) groups excluding carboxylic acids is 1. The number of fused-ring (bicyclic) bond motifs is 2. The molecule has 0 aromatic carbocycles. The van der Waals surface area contributed by atoms with Gasteiger partial charge in [-0.25, -0.2) is 0 Å². The molecule has 2 bridgehead atoms. The van der Waals surface area contributed by atoms with Gasteiger partial charge < -0.3 is 10.4 Å². The van der Waals surface area contributed by atoms with E-state index in [2.05, 4.69) is 19.2 Å². The Kier molecular flexibility index (Phi) is 3.64. The van der Waals surface area contributed by atoms with E-state index in [0.717, 1.165) is 18.4 Å². The number of hydrogen-bond donors (Lipinski definition) is 2. The quantitative estimate of drug-likeness (QED) is 0.788. The van der Waals surface area contributed by atoms with Gasteiger partial charge in [0.05, 0.1) is 6.42 Å². The van der Waals surface area contributed by atoms with Crippen LogP contribution < -0.4 is 5.32 Å². The first-order valence-corrected chi connectivity index (χ1v) is 6.89. The van der Waals surface area contributed by atoms with Gasteiger partial charge in [-0.15, -0.1) is 0 Å². The molecule has 0 aromatic rings. The van der Waals surface area contributed by atoms with Crippen molar-refractivity contribution in [3.63, 3.8) is 0 Å². The van der Waals surface area contributed by atoms with Crippen LogP contribution in [0.25, 0.3) is 0 Å². The summed E-state index contributed by atoms with van der Waals surface area (Å²) in [5.74, 6) is 1.15. The third-order valence-corrected chi connectivity index (χ3v) is 5.13. The molecule has 3 rings (SSSR count). The number of carboxylic acids is 1. The second kappa shape index (κ2) is 4.90. The van der Waals surface area contributed by atoms with Crippen molar-refractivity contribution in [1.29, 1.82) is 0 Å². The van der Waals surface area contributed by atoms with E-state index in [1.165, 1.54) is 19.3 Å². The van der Waals surface area contributed by atoms with Crippen molar-refractivity contribution in [2.24, 2.45) is 23.2 Å². The summed E-state index contributed by atoms with van der Waals surface area (Å²) in [5, 5.41) is 11.4. The van der Waals surface area contributed by atoms with Crippen LogP contribution >= 0.6 is 0 Å². The molecule has 102 valence electrons. The van der Waals surface area contributed by atoms with Gasteiger partial charge in [-0.1, -0.05) is 13.8 Å². The van der Waals surface area contributed by atoms with Crippen molar-refractivity contribution in [2.75, 3.05) is 6.54 Å². The van der Waals surface area contributed by atoms with Gasteiger partial charge in [0, 0.05) is 13.0 Å². The molecule has 0 aliphatic heterocycles. The normalized spacial score (nSPS) is 32.4. The van der Waals surface area contributed by atoms with E-state index in [-0.39, 0.29) is 18.7 Å². The van der Waals surface area contributed by atoms with Crippen molar-refractivity contribution < 1.29 is 14.7 Å². The average Bonchev–Trinajstić information content (AvgIpc) is 2.33. The predicted molar refractivity (Wildman–Crippen MR) is 68.0 cm³/mol. The first-order valence-electron chi connectivity index (χ1n) is 6.89. The fourth-order valence-corrected chi connectivity index (χ4v) is 3.76. The third-order valence-electron chi connectivity index (χ3n) is 5.13. The zero-order valence-electron chi connectivity index (χ0n) is 11.2. The maximum absolute atomic E-state index is 11.5. The minimum atomic E-state index is -0.911. The number of carboxylic acid groups (broad SMARTS) is 1. The summed E-state index contributed by atoms with van der Waals surface area (Å²) in [6.45, 7) is 5.40. The zero-order chi connectivity index (χ0) is 13.3. The molecule has 2 N–H and O–H groups in total. The standard InChI is InChI=1S/C14H23NO3/c1-14(2)10-4-3-9(11(14)7-10)8-15-12(16)5-6-13(17)18/h9-11H,3-8H2,1-2H3,(H,15,16)(H,17,18). The topological polar surface area (TPSA) is 66.4 Å². The second-order valence-electron chi connectivity index (χ2n) is 6.40. The van der Waals surface area contributed by atoms with Gasteiger partial charge in [-0.05, 0) is 42.4 Å². The van der Waals surface area contributed by atoms with Crippen LogP contribution in [0.4, 0.5) is 0 Å². The Morgan fingerprint density at radius 1 is 1.28 bits per heavy atom. The average molecular weight is 253 g/mol. The monoisotopic (exact) mass is 253 g/mol. The predicted octanol–water partition coefficient (Wildman–Crippen LogP) is 2.04. The summed E-state index contributed by atoms with van der Waals surface area (Å²) in [5.41, 5.74) is 0.439. The highest BCUT2D eigenvalue weighted by Crippen LogP contribution is 2.61. The van der Waals surface area contributed by atoms with Gasteiger partial charge in [-0.2, -0.15) is 0 Å². The lowest BCUT2D eigenvalue weighted by atomic mass is 9.45. The summed E-state index contributed by atoms with van der Waals surface area (Å²) in [4.78, 5) is 21.9. The summed E-state index contributed by atoms with van der Waals surface area (Å²) >= 11 is 0. The molecule has 0 heterocycles. The van der Waals surface area contributed by atoms with Crippen LogP contribution in [0.5, 0.6) is 0 Å². The van der Waals surface area contributed by atoms with Crippen LogP contribution in [0.15, 0.2) is 0 Å². The molecular formula is C14H23NO3. The number of nitrogens with one attached hydrogen (secondary N) is 1. The highest BCUT2D eigenvalue weighted by molar-refractivity contribution is 5.80. The first-order chi connectivity index (χ1) is 8.41. The van der Waals surface area contributed by atoms with E-state index in [0.29, 0.717) is 11.3 Å². The molecule has 0 radical (unpaired) electrons. The molecule has 3 atom stereocenters. The molecule has 3 saturated carbocycles. The molecule has 0 saturated heterocycles. The smallest absolute Gasteiger partial charge is 0.303 e. The Hall–Kier alpha value is -1.06. The fourth-order valence-electron chi connectivity index (χ4n) is 3.76. The van der Waals surface area contributed by atoms with Crippen LogP contribution in [0.3, 0.4) is 0 Å². The number of amides is 1. The number of rotatable bonds is 5. The summed E-state index contributed by atoms with van der Waals surface area (Å²) < 4.78 is 0. The van der Waals surface area contributed by atoms with Crippen molar-refractivity contribution in [3.05, 3.63) is 0 Å². The van der Waals surface area contributed by atoms with Gasteiger partial charge in [0.2, 0.25) is 5.91 Å². The van der Waals surface area contributed by atoms with Gasteiger partial charge in [0.15, 0.2) is 0 Å². The van der Waals surface area contributed by atoms with Crippen LogP contribution in [-0.4, -0.2) is 23.5 Å². The van der Waals surface area contributed by atoms with Crippen LogP contribution in [0.1, 0.15) is 46.0 Å².